The summed E-state index contributed by atoms with van der Waals surface area (Å²) in [6.45, 7) is 3.95. The minimum absolute atomic E-state index is 0.566. The molecule has 0 amide bonds. The van der Waals surface area contributed by atoms with Gasteiger partial charge in [0.05, 0.1) is 5.02 Å². The second-order valence-electron chi connectivity index (χ2n) is 5.80. The molecule has 3 rings (SSSR count). The van der Waals surface area contributed by atoms with Crippen LogP contribution in [0.3, 0.4) is 0 Å². The van der Waals surface area contributed by atoms with Crippen LogP contribution >= 0.6 is 11.6 Å². The zero-order chi connectivity index (χ0) is 14.7. The van der Waals surface area contributed by atoms with Crippen molar-refractivity contribution in [1.82, 2.24) is 4.90 Å². The average Bonchev–Trinajstić information content (AvgIpc) is 2.50. The third kappa shape index (κ3) is 3.44. The SMILES string of the molecule is NCCC1CCCCN1Cc1cc(Cl)c2c(c1)OCCO2. The lowest BCUT2D eigenvalue weighted by Gasteiger charge is -2.36. The number of hydrogen-bond donors (Lipinski definition) is 1. The summed E-state index contributed by atoms with van der Waals surface area (Å²) in [4.78, 5) is 2.53. The van der Waals surface area contributed by atoms with Gasteiger partial charge < -0.3 is 15.2 Å². The predicted molar refractivity (Wildman–Crippen MR) is 84.2 cm³/mol. The Kier molecular flexibility index (Phi) is 4.88. The Balaban J connectivity index is 1.75. The molecule has 0 aromatic heterocycles. The second kappa shape index (κ2) is 6.86. The predicted octanol–water partition coefficient (Wildman–Crippen LogP) is 2.81. The number of halogens is 1. The smallest absolute Gasteiger partial charge is 0.179 e. The van der Waals surface area contributed by atoms with Gasteiger partial charge in [0, 0.05) is 12.6 Å². The van der Waals surface area contributed by atoms with Gasteiger partial charge in [0.25, 0.3) is 0 Å². The van der Waals surface area contributed by atoms with E-state index in [2.05, 4.69) is 11.0 Å². The molecule has 4 nitrogen and oxygen atoms in total. The quantitative estimate of drug-likeness (QED) is 0.929. The monoisotopic (exact) mass is 310 g/mol. The maximum atomic E-state index is 6.32. The number of nitrogens with two attached hydrogens (primary N) is 1. The van der Waals surface area contributed by atoms with E-state index < -0.39 is 0 Å². The molecule has 2 heterocycles. The molecule has 116 valence electrons. The number of hydrogen-bond acceptors (Lipinski definition) is 4. The fourth-order valence-corrected chi connectivity index (χ4v) is 3.57. The van der Waals surface area contributed by atoms with Gasteiger partial charge in [-0.25, -0.2) is 0 Å². The third-order valence-electron chi connectivity index (χ3n) is 4.29. The summed E-state index contributed by atoms with van der Waals surface area (Å²) < 4.78 is 11.2. The minimum Gasteiger partial charge on any atom is -0.486 e. The van der Waals surface area contributed by atoms with E-state index in [1.54, 1.807) is 0 Å². The summed E-state index contributed by atoms with van der Waals surface area (Å²) in [7, 11) is 0. The summed E-state index contributed by atoms with van der Waals surface area (Å²) in [5.74, 6) is 1.46. The highest BCUT2D eigenvalue weighted by molar-refractivity contribution is 6.32. The lowest BCUT2D eigenvalue weighted by molar-refractivity contribution is 0.133. The van der Waals surface area contributed by atoms with Crippen LogP contribution in [0.1, 0.15) is 31.2 Å². The van der Waals surface area contributed by atoms with E-state index in [0.29, 0.717) is 30.0 Å². The number of rotatable bonds is 4. The Hall–Kier alpha value is -0.970. The zero-order valence-electron chi connectivity index (χ0n) is 12.3. The topological polar surface area (TPSA) is 47.7 Å². The van der Waals surface area contributed by atoms with Gasteiger partial charge in [-0.15, -0.1) is 0 Å². The van der Waals surface area contributed by atoms with Gasteiger partial charge in [-0.05, 0) is 50.0 Å². The number of likely N-dealkylation sites (tertiary alicyclic amines) is 1. The number of ether oxygens (including phenoxy) is 2. The molecular weight excluding hydrogens is 288 g/mol. The number of piperidine rings is 1. The van der Waals surface area contributed by atoms with Crippen molar-refractivity contribution < 1.29 is 9.47 Å². The van der Waals surface area contributed by atoms with Crippen molar-refractivity contribution in [3.05, 3.63) is 22.7 Å². The van der Waals surface area contributed by atoms with Crippen molar-refractivity contribution in [2.45, 2.75) is 38.3 Å². The first-order chi connectivity index (χ1) is 10.3. The first-order valence-electron chi connectivity index (χ1n) is 7.80. The highest BCUT2D eigenvalue weighted by Crippen LogP contribution is 2.39. The van der Waals surface area contributed by atoms with Crippen molar-refractivity contribution in [2.24, 2.45) is 5.73 Å². The summed E-state index contributed by atoms with van der Waals surface area (Å²) in [6.07, 6.45) is 4.89. The highest BCUT2D eigenvalue weighted by Gasteiger charge is 2.23. The molecule has 2 aliphatic heterocycles. The van der Waals surface area contributed by atoms with E-state index in [0.717, 1.165) is 31.8 Å². The number of benzene rings is 1. The molecule has 1 aromatic rings. The number of fused-ring (bicyclic) bond motifs is 1. The molecule has 0 saturated carbocycles. The van der Waals surface area contributed by atoms with Gasteiger partial charge in [0.1, 0.15) is 13.2 Å². The third-order valence-corrected chi connectivity index (χ3v) is 4.57. The van der Waals surface area contributed by atoms with E-state index in [-0.39, 0.29) is 0 Å². The van der Waals surface area contributed by atoms with Gasteiger partial charge in [0.15, 0.2) is 11.5 Å². The van der Waals surface area contributed by atoms with Gasteiger partial charge >= 0.3 is 0 Å². The highest BCUT2D eigenvalue weighted by atomic mass is 35.5. The zero-order valence-corrected chi connectivity index (χ0v) is 13.1. The lowest BCUT2D eigenvalue weighted by atomic mass is 9.98. The first kappa shape index (κ1) is 14.9. The molecule has 0 aliphatic carbocycles. The fourth-order valence-electron chi connectivity index (χ4n) is 3.28. The maximum Gasteiger partial charge on any atom is 0.179 e. The molecule has 2 N–H and O–H groups in total. The molecule has 1 unspecified atom stereocenters. The standard InChI is InChI=1S/C16H23ClN2O2/c17-14-9-12(10-15-16(14)21-8-7-20-15)11-19-6-2-1-3-13(19)4-5-18/h9-10,13H,1-8,11,18H2. The normalized spacial score (nSPS) is 22.3. The first-order valence-corrected chi connectivity index (χ1v) is 8.18. The molecular formula is C16H23ClN2O2. The molecule has 1 atom stereocenters. The van der Waals surface area contributed by atoms with E-state index in [1.165, 1.54) is 24.8 Å². The van der Waals surface area contributed by atoms with Crippen LogP contribution in [0.25, 0.3) is 0 Å². The van der Waals surface area contributed by atoms with Gasteiger partial charge in [0.2, 0.25) is 0 Å². The molecule has 1 saturated heterocycles. The fraction of sp³-hybridized carbons (Fsp3) is 0.625. The Morgan fingerprint density at radius 1 is 1.24 bits per heavy atom. The van der Waals surface area contributed by atoms with Crippen LogP contribution < -0.4 is 15.2 Å². The van der Waals surface area contributed by atoms with Crippen LogP contribution in [0, 0.1) is 0 Å². The van der Waals surface area contributed by atoms with Crippen molar-refractivity contribution in [2.75, 3.05) is 26.3 Å². The Labute approximate surface area is 131 Å². The molecule has 1 aromatic carbocycles. The van der Waals surface area contributed by atoms with Gasteiger partial charge in [-0.1, -0.05) is 18.0 Å². The lowest BCUT2D eigenvalue weighted by Crippen LogP contribution is -2.40. The van der Waals surface area contributed by atoms with Crippen LogP contribution in [0.5, 0.6) is 11.5 Å². The van der Waals surface area contributed by atoms with E-state index in [1.807, 2.05) is 6.07 Å². The Morgan fingerprint density at radius 2 is 2.10 bits per heavy atom. The van der Waals surface area contributed by atoms with Gasteiger partial charge in [-0.3, -0.25) is 4.90 Å². The Morgan fingerprint density at radius 3 is 2.95 bits per heavy atom. The van der Waals surface area contributed by atoms with E-state index >= 15 is 0 Å². The van der Waals surface area contributed by atoms with Gasteiger partial charge in [-0.2, -0.15) is 0 Å². The van der Waals surface area contributed by atoms with Crippen LogP contribution in [0.4, 0.5) is 0 Å². The van der Waals surface area contributed by atoms with Crippen LogP contribution in [0.15, 0.2) is 12.1 Å². The average molecular weight is 311 g/mol. The number of nitrogens with zero attached hydrogens (tertiary/aromatic N) is 1. The van der Waals surface area contributed by atoms with Crippen LogP contribution in [-0.4, -0.2) is 37.2 Å². The molecule has 1 fully saturated rings. The molecule has 0 spiro atoms. The van der Waals surface area contributed by atoms with Crippen molar-refractivity contribution in [1.29, 1.82) is 0 Å². The largest absolute Gasteiger partial charge is 0.486 e. The molecule has 5 heteroatoms. The van der Waals surface area contributed by atoms with Crippen LogP contribution in [-0.2, 0) is 6.54 Å². The van der Waals surface area contributed by atoms with Crippen molar-refractivity contribution in [3.63, 3.8) is 0 Å². The summed E-state index contributed by atoms with van der Waals surface area (Å²) in [5.41, 5.74) is 6.93. The van der Waals surface area contributed by atoms with Crippen molar-refractivity contribution in [3.8, 4) is 11.5 Å². The molecule has 2 aliphatic rings. The Bertz CT molecular complexity index is 493. The second-order valence-corrected chi connectivity index (χ2v) is 6.21. The summed E-state index contributed by atoms with van der Waals surface area (Å²) in [6, 6.07) is 4.66. The van der Waals surface area contributed by atoms with Crippen LogP contribution in [0.2, 0.25) is 5.02 Å². The molecule has 21 heavy (non-hydrogen) atoms. The van der Waals surface area contributed by atoms with E-state index in [9.17, 15) is 0 Å². The molecule has 0 bridgehead atoms. The minimum atomic E-state index is 0.566. The maximum absolute atomic E-state index is 6.32. The summed E-state index contributed by atoms with van der Waals surface area (Å²) in [5, 5.41) is 0.648. The summed E-state index contributed by atoms with van der Waals surface area (Å²) >= 11 is 6.32. The van der Waals surface area contributed by atoms with Crippen molar-refractivity contribution >= 4 is 11.6 Å². The molecule has 0 radical (unpaired) electrons. The van der Waals surface area contributed by atoms with E-state index in [4.69, 9.17) is 26.8 Å².